The first kappa shape index (κ1) is 36.8. The number of ketones is 3. The predicted octanol–water partition coefficient (Wildman–Crippen LogP) is 2.28. The molecule has 3 unspecified atom stereocenters. The molecule has 0 spiro atoms. The molecular formula is C35H40N2O12. The lowest BCUT2D eigenvalue weighted by Crippen LogP contribution is -2.36. The minimum absolute atomic E-state index is 0.0568. The minimum atomic E-state index is -0.771. The van der Waals surface area contributed by atoms with Crippen LogP contribution in [0.15, 0.2) is 42.5 Å². The molecule has 2 aliphatic carbocycles. The van der Waals surface area contributed by atoms with Gasteiger partial charge >= 0.3 is 6.09 Å². The Balaban J connectivity index is 0.000000211. The Morgan fingerprint density at radius 2 is 1.57 bits per heavy atom. The van der Waals surface area contributed by atoms with Crippen LogP contribution in [0, 0.1) is 5.92 Å². The summed E-state index contributed by atoms with van der Waals surface area (Å²) in [5.74, 6) is -2.56. The molecule has 0 bridgehead atoms. The van der Waals surface area contributed by atoms with Crippen molar-refractivity contribution in [1.82, 2.24) is 0 Å². The number of rotatable bonds is 5. The van der Waals surface area contributed by atoms with E-state index in [1.165, 1.54) is 13.2 Å². The van der Waals surface area contributed by atoms with E-state index < -0.39 is 42.6 Å². The number of primary amides is 1. The third-order valence-electron chi connectivity index (χ3n) is 8.62. The number of nitrogen functional groups attached to an aromatic ring is 1. The summed E-state index contributed by atoms with van der Waals surface area (Å²) in [6, 6.07) is 11.6. The number of carbonyl (C=O) groups is 4. The highest BCUT2D eigenvalue weighted by Crippen LogP contribution is 2.47. The number of aliphatic hydroxyl groups is 3. The summed E-state index contributed by atoms with van der Waals surface area (Å²) in [7, 11) is 1.38. The van der Waals surface area contributed by atoms with E-state index in [1.54, 1.807) is 43.3 Å². The van der Waals surface area contributed by atoms with E-state index in [-0.39, 0.29) is 76.4 Å². The molecule has 3 aromatic rings. The zero-order chi connectivity index (χ0) is 36.0. The molecule has 0 saturated carbocycles. The predicted molar refractivity (Wildman–Crippen MR) is 174 cm³/mol. The van der Waals surface area contributed by atoms with Gasteiger partial charge in [0, 0.05) is 34.7 Å². The number of hydrogen-bond donors (Lipinski definition) is 7. The van der Waals surface area contributed by atoms with Gasteiger partial charge in [0.25, 0.3) is 0 Å². The maximum Gasteiger partial charge on any atom is 0.404 e. The monoisotopic (exact) mass is 680 g/mol. The lowest BCUT2D eigenvalue weighted by atomic mass is 9.75. The molecule has 3 aliphatic rings. The number of fused-ring (bicyclic) bond motifs is 3. The second-order valence-corrected chi connectivity index (χ2v) is 11.8. The van der Waals surface area contributed by atoms with Crippen LogP contribution in [0.25, 0.3) is 0 Å². The Hall–Kier alpha value is -5.02. The van der Waals surface area contributed by atoms with E-state index >= 15 is 0 Å². The van der Waals surface area contributed by atoms with Crippen molar-refractivity contribution < 1.29 is 58.9 Å². The fourth-order valence-electron chi connectivity index (χ4n) is 5.93. The van der Waals surface area contributed by atoms with E-state index in [1.807, 2.05) is 0 Å². The Morgan fingerprint density at radius 3 is 2.16 bits per heavy atom. The van der Waals surface area contributed by atoms with Crippen LogP contribution in [0.3, 0.4) is 0 Å². The lowest BCUT2D eigenvalue weighted by Gasteiger charge is -2.29. The van der Waals surface area contributed by atoms with Gasteiger partial charge < -0.3 is 51.2 Å². The number of Topliss-reactive ketones (excluding diaryl/α,β-unsaturated/α-hetero) is 1. The summed E-state index contributed by atoms with van der Waals surface area (Å²) >= 11 is 0. The van der Waals surface area contributed by atoms with Crippen LogP contribution in [-0.2, 0) is 33.7 Å². The first-order valence-electron chi connectivity index (χ1n) is 15.6. The second-order valence-electron chi connectivity index (χ2n) is 11.8. The number of phenols is 2. The normalized spacial score (nSPS) is 20.6. The van der Waals surface area contributed by atoms with Gasteiger partial charge in [0.05, 0.1) is 36.0 Å². The van der Waals surface area contributed by atoms with Crippen molar-refractivity contribution in [3.8, 4) is 17.2 Å². The molecule has 3 aromatic carbocycles. The smallest absolute Gasteiger partial charge is 0.404 e. The van der Waals surface area contributed by atoms with Gasteiger partial charge in [-0.05, 0) is 56.4 Å². The van der Waals surface area contributed by atoms with Crippen molar-refractivity contribution in [2.45, 2.75) is 64.1 Å². The summed E-state index contributed by atoms with van der Waals surface area (Å²) in [5, 5.41) is 48.7. The largest absolute Gasteiger partial charge is 0.507 e. The first-order chi connectivity index (χ1) is 23.3. The second kappa shape index (κ2) is 15.9. The van der Waals surface area contributed by atoms with E-state index in [0.717, 1.165) is 5.56 Å². The zero-order valence-electron chi connectivity index (χ0n) is 27.0. The van der Waals surface area contributed by atoms with Crippen LogP contribution >= 0.6 is 0 Å². The molecule has 1 fully saturated rings. The molecule has 4 atom stereocenters. The van der Waals surface area contributed by atoms with E-state index in [4.69, 9.17) is 36.3 Å². The highest BCUT2D eigenvalue weighted by Gasteiger charge is 2.41. The van der Waals surface area contributed by atoms with Crippen LogP contribution in [0.4, 0.5) is 10.5 Å². The molecular weight excluding hydrogens is 640 g/mol. The first-order valence-corrected chi connectivity index (χ1v) is 15.6. The number of ether oxygens (including phenoxy) is 3. The third-order valence-corrected chi connectivity index (χ3v) is 8.62. The van der Waals surface area contributed by atoms with Crippen LogP contribution in [-0.4, -0.2) is 81.2 Å². The molecule has 1 amide bonds. The highest BCUT2D eigenvalue weighted by atomic mass is 16.6. The molecule has 0 aromatic heterocycles. The van der Waals surface area contributed by atoms with Crippen LogP contribution in [0.2, 0.25) is 0 Å². The van der Waals surface area contributed by atoms with Gasteiger partial charge in [-0.2, -0.15) is 0 Å². The van der Waals surface area contributed by atoms with E-state index in [2.05, 4.69) is 4.74 Å². The highest BCUT2D eigenvalue weighted by molar-refractivity contribution is 6.31. The summed E-state index contributed by atoms with van der Waals surface area (Å²) in [4.78, 5) is 48.3. The van der Waals surface area contributed by atoms with Crippen molar-refractivity contribution in [3.63, 3.8) is 0 Å². The number of nitrogens with two attached hydrogens (primary N) is 2. The Labute approximate surface area is 281 Å². The standard InChI is InChI=1S/C21H18O7.C8H10N2O2.C6H12O3/c1-28-14-4-2-3-11-15(14)21(27)17-16(19(11)25)20(26)12-7-9(13(23)8-22)5-6-10(12)18(17)24;9-7-3-1-6(2-4-7)5-12-8(10)11;1-4-5(7)2-3-6(8)9-4/h2-4,9,22,24,26H,5-8H2,1H3;1-4H,5,9H2,(H2,10,11);4-8H,2-3H2,1H3/t;;4-,5?,6?/m..0/s1. The number of anilines is 1. The molecule has 6 rings (SSSR count). The van der Waals surface area contributed by atoms with Crippen LogP contribution < -0.4 is 16.2 Å². The SMILES string of the molecule is COc1cccc2c1C(=O)c1c(O)c3c(c(O)c1C2=O)CC(C(=O)CO)CC3.C[C@@H]1OC(O)CCC1O.NC(=O)OCc1ccc(N)cc1. The van der Waals surface area contributed by atoms with Crippen molar-refractivity contribution in [1.29, 1.82) is 0 Å². The number of phenolic OH excluding ortho intramolecular Hbond substituents is 2. The van der Waals surface area contributed by atoms with E-state index in [9.17, 15) is 29.4 Å². The van der Waals surface area contributed by atoms with Crippen LogP contribution in [0.1, 0.15) is 74.7 Å². The van der Waals surface area contributed by atoms with Crippen molar-refractivity contribution in [2.75, 3.05) is 19.5 Å². The zero-order valence-corrected chi connectivity index (χ0v) is 27.0. The number of aliphatic hydroxyl groups excluding tert-OH is 3. The lowest BCUT2D eigenvalue weighted by molar-refractivity contribution is -0.192. The van der Waals surface area contributed by atoms with E-state index in [0.29, 0.717) is 30.5 Å². The van der Waals surface area contributed by atoms with Gasteiger partial charge in [-0.25, -0.2) is 4.79 Å². The number of amides is 1. The molecule has 262 valence electrons. The Bertz CT molecular complexity index is 1720. The molecule has 1 saturated heterocycles. The van der Waals surface area contributed by atoms with Gasteiger partial charge in [-0.15, -0.1) is 0 Å². The maximum atomic E-state index is 13.1. The average molecular weight is 681 g/mol. The van der Waals surface area contributed by atoms with Gasteiger partial charge in [-0.1, -0.05) is 24.3 Å². The molecule has 14 nitrogen and oxygen atoms in total. The quantitative estimate of drug-likeness (QED) is 0.118. The maximum absolute atomic E-state index is 13.1. The summed E-state index contributed by atoms with van der Waals surface area (Å²) in [6.45, 7) is 1.34. The molecule has 9 N–H and O–H groups in total. The number of methoxy groups -OCH3 is 1. The van der Waals surface area contributed by atoms with Gasteiger partial charge in [-0.3, -0.25) is 14.4 Å². The van der Waals surface area contributed by atoms with Crippen molar-refractivity contribution >= 4 is 29.1 Å². The van der Waals surface area contributed by atoms with Crippen molar-refractivity contribution in [3.05, 3.63) is 81.4 Å². The summed E-state index contributed by atoms with van der Waals surface area (Å²) < 4.78 is 14.7. The van der Waals surface area contributed by atoms with Crippen LogP contribution in [0.5, 0.6) is 17.2 Å². The molecule has 0 radical (unpaired) electrons. The van der Waals surface area contributed by atoms with Gasteiger partial charge in [0.2, 0.25) is 5.78 Å². The number of aromatic hydroxyl groups is 2. The Morgan fingerprint density at radius 1 is 0.918 bits per heavy atom. The fraction of sp³-hybridized carbons (Fsp3) is 0.371. The van der Waals surface area contributed by atoms with Gasteiger partial charge in [0.15, 0.2) is 17.9 Å². The molecule has 1 heterocycles. The number of hydrogen-bond acceptors (Lipinski definition) is 13. The topological polar surface area (TPSA) is 249 Å². The third kappa shape index (κ3) is 8.17. The fourth-order valence-corrected chi connectivity index (χ4v) is 5.93. The summed E-state index contributed by atoms with van der Waals surface area (Å²) in [5.41, 5.74) is 12.1. The number of benzene rings is 3. The minimum Gasteiger partial charge on any atom is -0.507 e. The van der Waals surface area contributed by atoms with Gasteiger partial charge in [0.1, 0.15) is 30.5 Å². The molecule has 14 heteroatoms. The van der Waals surface area contributed by atoms with Crippen molar-refractivity contribution in [2.24, 2.45) is 11.7 Å². The Kier molecular flexibility index (Phi) is 12.0. The number of carbonyl (C=O) groups excluding carboxylic acids is 4. The molecule has 1 aliphatic heterocycles. The average Bonchev–Trinajstić information content (AvgIpc) is 3.09. The summed E-state index contributed by atoms with van der Waals surface area (Å²) in [6.07, 6.45) is -0.141. The molecule has 49 heavy (non-hydrogen) atoms.